The summed E-state index contributed by atoms with van der Waals surface area (Å²) in [5.41, 5.74) is 0.494. The van der Waals surface area contributed by atoms with Crippen LogP contribution in [0.3, 0.4) is 0 Å². The van der Waals surface area contributed by atoms with Crippen molar-refractivity contribution in [2.24, 2.45) is 4.99 Å². The van der Waals surface area contributed by atoms with E-state index in [9.17, 15) is 9.59 Å². The Kier molecular flexibility index (Phi) is 5.64. The highest BCUT2D eigenvalue weighted by Crippen LogP contribution is 2.17. The van der Waals surface area contributed by atoms with Crippen molar-refractivity contribution in [3.8, 4) is 5.75 Å². The topological polar surface area (TPSA) is 65.0 Å². The highest BCUT2D eigenvalue weighted by atomic mass is 16.5. The molecule has 5 heteroatoms. The first kappa shape index (κ1) is 13.1. The van der Waals surface area contributed by atoms with E-state index in [4.69, 9.17) is 9.47 Å². The van der Waals surface area contributed by atoms with E-state index in [0.29, 0.717) is 18.0 Å². The van der Waals surface area contributed by atoms with E-state index in [0.717, 1.165) is 0 Å². The van der Waals surface area contributed by atoms with Crippen molar-refractivity contribution in [1.29, 1.82) is 0 Å². The van der Waals surface area contributed by atoms with Crippen LogP contribution in [-0.4, -0.2) is 31.7 Å². The maximum absolute atomic E-state index is 11.2. The fraction of sp³-hybridized carbons (Fsp3) is 0.333. The fourth-order valence-corrected chi connectivity index (χ4v) is 1.09. The summed E-state index contributed by atoms with van der Waals surface area (Å²) in [7, 11) is 0. The van der Waals surface area contributed by atoms with Gasteiger partial charge in [0.05, 0.1) is 5.69 Å². The second-order valence-electron chi connectivity index (χ2n) is 3.16. The first-order valence-corrected chi connectivity index (χ1v) is 5.16. The number of rotatable bonds is 7. The zero-order chi connectivity index (χ0) is 12.5. The SMILES string of the molecule is CCOCC(=O)COc1ccc(N=C=O)cc1. The Bertz CT molecular complexity index is 407. The van der Waals surface area contributed by atoms with Gasteiger partial charge in [-0.3, -0.25) is 4.79 Å². The Labute approximate surface area is 99.1 Å². The number of nitrogens with zero attached hydrogens (tertiary/aromatic N) is 1. The van der Waals surface area contributed by atoms with Gasteiger partial charge in [0.2, 0.25) is 6.08 Å². The van der Waals surface area contributed by atoms with Crippen LogP contribution in [0.5, 0.6) is 5.75 Å². The smallest absolute Gasteiger partial charge is 0.240 e. The molecule has 0 radical (unpaired) electrons. The molecule has 0 aromatic heterocycles. The zero-order valence-corrected chi connectivity index (χ0v) is 9.51. The van der Waals surface area contributed by atoms with Crippen LogP contribution in [0.15, 0.2) is 29.3 Å². The van der Waals surface area contributed by atoms with E-state index < -0.39 is 0 Å². The number of benzene rings is 1. The lowest BCUT2D eigenvalue weighted by Gasteiger charge is -2.05. The van der Waals surface area contributed by atoms with Gasteiger partial charge in [0.1, 0.15) is 19.0 Å². The maximum atomic E-state index is 11.2. The number of carbonyl (C=O) groups is 1. The van der Waals surface area contributed by atoms with Crippen LogP contribution in [-0.2, 0) is 14.3 Å². The van der Waals surface area contributed by atoms with Gasteiger partial charge in [-0.15, -0.1) is 0 Å². The molecule has 0 bridgehead atoms. The van der Waals surface area contributed by atoms with Crippen LogP contribution in [0.1, 0.15) is 6.92 Å². The Morgan fingerprint density at radius 3 is 2.59 bits per heavy atom. The zero-order valence-electron chi connectivity index (χ0n) is 9.51. The highest BCUT2D eigenvalue weighted by Gasteiger charge is 2.02. The number of isocyanates is 1. The monoisotopic (exact) mass is 235 g/mol. The Morgan fingerprint density at radius 2 is 2.00 bits per heavy atom. The summed E-state index contributed by atoms with van der Waals surface area (Å²) >= 11 is 0. The van der Waals surface area contributed by atoms with E-state index >= 15 is 0 Å². The molecule has 90 valence electrons. The molecule has 0 heterocycles. The first-order chi connectivity index (χ1) is 8.26. The summed E-state index contributed by atoms with van der Waals surface area (Å²) in [6.45, 7) is 2.35. The molecule has 1 aromatic rings. The average Bonchev–Trinajstić information content (AvgIpc) is 2.36. The molecule has 0 aliphatic carbocycles. The minimum Gasteiger partial charge on any atom is -0.486 e. The molecule has 0 aliphatic rings. The van der Waals surface area contributed by atoms with Crippen molar-refractivity contribution < 1.29 is 19.1 Å². The van der Waals surface area contributed by atoms with Gasteiger partial charge in [0.25, 0.3) is 0 Å². The van der Waals surface area contributed by atoms with E-state index in [1.807, 2.05) is 6.92 Å². The van der Waals surface area contributed by atoms with Crippen LogP contribution in [0, 0.1) is 0 Å². The molecule has 0 aliphatic heterocycles. The number of carbonyl (C=O) groups excluding carboxylic acids is 2. The van der Waals surface area contributed by atoms with Gasteiger partial charge in [-0.05, 0) is 31.2 Å². The van der Waals surface area contributed by atoms with Crippen molar-refractivity contribution >= 4 is 17.6 Å². The van der Waals surface area contributed by atoms with Gasteiger partial charge in [-0.2, -0.15) is 4.99 Å². The van der Waals surface area contributed by atoms with Crippen LogP contribution in [0.2, 0.25) is 0 Å². The van der Waals surface area contributed by atoms with Crippen LogP contribution >= 0.6 is 0 Å². The summed E-state index contributed by atoms with van der Waals surface area (Å²) < 4.78 is 10.2. The molecule has 1 rings (SSSR count). The van der Waals surface area contributed by atoms with E-state index in [1.165, 1.54) is 6.08 Å². The number of ether oxygens (including phenoxy) is 2. The molecule has 1 aromatic carbocycles. The first-order valence-electron chi connectivity index (χ1n) is 5.16. The van der Waals surface area contributed by atoms with Gasteiger partial charge in [0.15, 0.2) is 5.78 Å². The third kappa shape index (κ3) is 5.06. The summed E-state index contributed by atoms with van der Waals surface area (Å²) in [6, 6.07) is 6.47. The summed E-state index contributed by atoms with van der Waals surface area (Å²) in [5.74, 6) is 0.418. The molecule has 0 unspecified atom stereocenters. The van der Waals surface area contributed by atoms with Crippen LogP contribution < -0.4 is 4.74 Å². The lowest BCUT2D eigenvalue weighted by molar-refractivity contribution is -0.125. The molecule has 0 N–H and O–H groups in total. The number of hydrogen-bond acceptors (Lipinski definition) is 5. The molecular formula is C12H13NO4. The molecule has 0 atom stereocenters. The highest BCUT2D eigenvalue weighted by molar-refractivity contribution is 5.81. The quantitative estimate of drug-likeness (QED) is 0.532. The molecule has 17 heavy (non-hydrogen) atoms. The Hall–Kier alpha value is -1.97. The summed E-state index contributed by atoms with van der Waals surface area (Å²) in [4.78, 5) is 24.7. The van der Waals surface area contributed by atoms with Crippen molar-refractivity contribution in [3.05, 3.63) is 24.3 Å². The van der Waals surface area contributed by atoms with Gasteiger partial charge in [0, 0.05) is 6.61 Å². The maximum Gasteiger partial charge on any atom is 0.240 e. The third-order valence-electron chi connectivity index (χ3n) is 1.88. The average molecular weight is 235 g/mol. The Balaban J connectivity index is 2.41. The predicted octanol–water partition coefficient (Wildman–Crippen LogP) is 1.64. The fourth-order valence-electron chi connectivity index (χ4n) is 1.09. The second-order valence-corrected chi connectivity index (χ2v) is 3.16. The second kappa shape index (κ2) is 7.33. The third-order valence-corrected chi connectivity index (χ3v) is 1.88. The standard InChI is InChI=1S/C12H13NO4/c1-2-16-7-11(15)8-17-12-5-3-10(4-6-12)13-9-14/h3-6H,2,7-8H2,1H3. The molecule has 5 nitrogen and oxygen atoms in total. The van der Waals surface area contributed by atoms with Gasteiger partial charge < -0.3 is 9.47 Å². The van der Waals surface area contributed by atoms with Crippen LogP contribution in [0.25, 0.3) is 0 Å². The van der Waals surface area contributed by atoms with Crippen molar-refractivity contribution in [2.75, 3.05) is 19.8 Å². The van der Waals surface area contributed by atoms with Gasteiger partial charge in [-0.25, -0.2) is 4.79 Å². The number of ketones is 1. The van der Waals surface area contributed by atoms with Crippen molar-refractivity contribution in [2.45, 2.75) is 6.92 Å². The van der Waals surface area contributed by atoms with Gasteiger partial charge in [-0.1, -0.05) is 0 Å². The molecule has 0 saturated heterocycles. The molecule has 0 amide bonds. The van der Waals surface area contributed by atoms with Crippen molar-refractivity contribution in [3.63, 3.8) is 0 Å². The summed E-state index contributed by atoms with van der Waals surface area (Å²) in [5, 5.41) is 0. The molecule has 0 spiro atoms. The molecule has 0 saturated carbocycles. The summed E-state index contributed by atoms with van der Waals surface area (Å²) in [6.07, 6.45) is 1.44. The Morgan fingerprint density at radius 1 is 1.29 bits per heavy atom. The van der Waals surface area contributed by atoms with Crippen LogP contribution in [0.4, 0.5) is 5.69 Å². The van der Waals surface area contributed by atoms with E-state index in [2.05, 4.69) is 4.99 Å². The normalized spacial score (nSPS) is 9.47. The number of aliphatic imine (C=N–C) groups is 1. The largest absolute Gasteiger partial charge is 0.486 e. The minimum absolute atomic E-state index is 0.0315. The minimum atomic E-state index is -0.123. The van der Waals surface area contributed by atoms with Gasteiger partial charge >= 0.3 is 0 Å². The lowest BCUT2D eigenvalue weighted by atomic mass is 10.3. The van der Waals surface area contributed by atoms with Crippen molar-refractivity contribution in [1.82, 2.24) is 0 Å². The molecular weight excluding hydrogens is 222 g/mol. The molecule has 0 fully saturated rings. The number of hydrogen-bond donors (Lipinski definition) is 0. The van der Waals surface area contributed by atoms with E-state index in [1.54, 1.807) is 24.3 Å². The lowest BCUT2D eigenvalue weighted by Crippen LogP contribution is -2.17. The predicted molar refractivity (Wildman–Crippen MR) is 61.2 cm³/mol. The van der Waals surface area contributed by atoms with E-state index in [-0.39, 0.29) is 19.0 Å². The number of Topliss-reactive ketones (excluding diaryl/α,β-unsaturated/α-hetero) is 1.